The van der Waals surface area contributed by atoms with E-state index >= 15 is 0 Å². The van der Waals surface area contributed by atoms with Crippen LogP contribution in [0.4, 0.5) is 0 Å². The fourth-order valence-electron chi connectivity index (χ4n) is 8.01. The number of ether oxygens (including phenoxy) is 1. The number of allylic oxidation sites excluding steroid dienone is 2. The first kappa shape index (κ1) is 28.6. The van der Waals surface area contributed by atoms with E-state index in [1.54, 1.807) is 0 Å². The summed E-state index contributed by atoms with van der Waals surface area (Å²) in [7, 11) is 1.47. The summed E-state index contributed by atoms with van der Waals surface area (Å²) in [5.41, 5.74) is 0.795. The predicted molar refractivity (Wildman–Crippen MR) is 138 cm³/mol. The minimum absolute atomic E-state index is 0. The molecule has 0 amide bonds. The summed E-state index contributed by atoms with van der Waals surface area (Å²) in [5.74, 6) is 3.15. The molecule has 192 valence electrons. The first-order chi connectivity index (χ1) is 15.7. The molecular formula is C30H49NO3. The average Bonchev–Trinajstić information content (AvgIpc) is 3.15. The summed E-state index contributed by atoms with van der Waals surface area (Å²) in [4.78, 5) is 23.8. The number of methoxy groups -OCH3 is 1. The number of ketones is 1. The number of esters is 1. The lowest BCUT2D eigenvalue weighted by Gasteiger charge is -2.59. The Morgan fingerprint density at radius 1 is 1.12 bits per heavy atom. The number of unbranched alkanes of at least 4 members (excludes halogenated alkanes) is 1. The second-order valence-electron chi connectivity index (χ2n) is 11.6. The van der Waals surface area contributed by atoms with Crippen molar-refractivity contribution in [1.29, 1.82) is 5.26 Å². The molecule has 6 unspecified atom stereocenters. The molecule has 4 aliphatic rings. The number of hydrogen-bond acceptors (Lipinski definition) is 4. The van der Waals surface area contributed by atoms with Crippen molar-refractivity contribution in [2.45, 2.75) is 112 Å². The molecule has 4 heteroatoms. The van der Waals surface area contributed by atoms with Gasteiger partial charge in [-0.3, -0.25) is 9.59 Å². The SMILES string of the molecule is C.CCCC.COC(=O)CCC[C@H]1CCC2C3CCC4CC(=O)C(C#N)=CC4(C)C3CCC21C. The van der Waals surface area contributed by atoms with Crippen molar-refractivity contribution >= 4 is 11.8 Å². The zero-order valence-corrected chi connectivity index (χ0v) is 21.6. The van der Waals surface area contributed by atoms with Crippen molar-refractivity contribution in [3.63, 3.8) is 0 Å². The van der Waals surface area contributed by atoms with Crippen LogP contribution in [0.2, 0.25) is 0 Å². The molecule has 0 N–H and O–H groups in total. The summed E-state index contributed by atoms with van der Waals surface area (Å²) in [6, 6.07) is 2.18. The zero-order valence-electron chi connectivity index (χ0n) is 21.6. The van der Waals surface area contributed by atoms with Gasteiger partial charge in [0.2, 0.25) is 0 Å². The number of nitrogens with zero attached hydrogens (tertiary/aromatic N) is 1. The van der Waals surface area contributed by atoms with Gasteiger partial charge in [0.1, 0.15) is 6.07 Å². The topological polar surface area (TPSA) is 67.2 Å². The lowest BCUT2D eigenvalue weighted by molar-refractivity contribution is -0.140. The van der Waals surface area contributed by atoms with E-state index in [1.807, 2.05) is 0 Å². The monoisotopic (exact) mass is 471 g/mol. The van der Waals surface area contributed by atoms with Gasteiger partial charge in [-0.25, -0.2) is 0 Å². The van der Waals surface area contributed by atoms with Crippen LogP contribution in [0.15, 0.2) is 11.6 Å². The van der Waals surface area contributed by atoms with E-state index in [2.05, 4.69) is 39.8 Å². The second-order valence-corrected chi connectivity index (χ2v) is 11.6. The highest BCUT2D eigenvalue weighted by atomic mass is 16.5. The molecule has 0 aromatic rings. The van der Waals surface area contributed by atoms with Gasteiger partial charge in [-0.05, 0) is 91.8 Å². The molecule has 0 heterocycles. The number of carbonyl (C=O) groups is 2. The molecule has 3 fully saturated rings. The molecule has 0 radical (unpaired) electrons. The summed E-state index contributed by atoms with van der Waals surface area (Å²) in [6.45, 7) is 9.21. The Morgan fingerprint density at radius 3 is 2.44 bits per heavy atom. The van der Waals surface area contributed by atoms with Gasteiger partial charge < -0.3 is 4.74 Å². The van der Waals surface area contributed by atoms with Gasteiger partial charge in [0.05, 0.1) is 12.7 Å². The van der Waals surface area contributed by atoms with Crippen LogP contribution in [0.25, 0.3) is 0 Å². The molecule has 4 nitrogen and oxygen atoms in total. The summed E-state index contributed by atoms with van der Waals surface area (Å²) < 4.78 is 4.81. The molecule has 4 rings (SSSR count). The highest BCUT2D eigenvalue weighted by Crippen LogP contribution is 2.67. The van der Waals surface area contributed by atoms with E-state index in [9.17, 15) is 14.9 Å². The smallest absolute Gasteiger partial charge is 0.305 e. The number of nitriles is 1. The third-order valence-corrected chi connectivity index (χ3v) is 10.1. The molecule has 0 spiro atoms. The Morgan fingerprint density at radius 2 is 1.82 bits per heavy atom. The van der Waals surface area contributed by atoms with Crippen LogP contribution in [0.1, 0.15) is 112 Å². The van der Waals surface area contributed by atoms with Crippen LogP contribution >= 0.6 is 0 Å². The largest absolute Gasteiger partial charge is 0.469 e. The van der Waals surface area contributed by atoms with E-state index in [-0.39, 0.29) is 24.6 Å². The Balaban J connectivity index is 0.000000758. The molecule has 0 aromatic carbocycles. The highest BCUT2D eigenvalue weighted by Gasteiger charge is 2.59. The molecule has 7 atom stereocenters. The van der Waals surface area contributed by atoms with Gasteiger partial charge in [0.25, 0.3) is 0 Å². The van der Waals surface area contributed by atoms with Gasteiger partial charge in [-0.2, -0.15) is 5.26 Å². The van der Waals surface area contributed by atoms with Gasteiger partial charge in [-0.15, -0.1) is 0 Å². The van der Waals surface area contributed by atoms with Crippen LogP contribution in [0, 0.1) is 51.8 Å². The molecule has 0 saturated heterocycles. The Labute approximate surface area is 208 Å². The number of hydrogen-bond donors (Lipinski definition) is 0. The van der Waals surface area contributed by atoms with E-state index in [1.165, 1.54) is 52.1 Å². The summed E-state index contributed by atoms with van der Waals surface area (Å²) >= 11 is 0. The van der Waals surface area contributed by atoms with Gasteiger partial charge in [-0.1, -0.05) is 54.0 Å². The lowest BCUT2D eigenvalue weighted by atomic mass is 9.45. The third-order valence-electron chi connectivity index (χ3n) is 10.1. The summed E-state index contributed by atoms with van der Waals surface area (Å²) in [5, 5.41) is 9.46. The minimum atomic E-state index is -0.0911. The van der Waals surface area contributed by atoms with Crippen LogP contribution in [0.3, 0.4) is 0 Å². The maximum Gasteiger partial charge on any atom is 0.305 e. The minimum Gasteiger partial charge on any atom is -0.469 e. The van der Waals surface area contributed by atoms with Crippen LogP contribution < -0.4 is 0 Å². The van der Waals surface area contributed by atoms with Crippen molar-refractivity contribution in [2.75, 3.05) is 7.11 Å². The van der Waals surface area contributed by atoms with Crippen molar-refractivity contribution < 1.29 is 14.3 Å². The van der Waals surface area contributed by atoms with Crippen molar-refractivity contribution in [1.82, 2.24) is 0 Å². The lowest BCUT2D eigenvalue weighted by Crippen LogP contribution is -2.52. The Bertz CT molecular complexity index is 793. The van der Waals surface area contributed by atoms with Gasteiger partial charge >= 0.3 is 5.97 Å². The first-order valence-corrected chi connectivity index (χ1v) is 13.5. The zero-order chi connectivity index (χ0) is 24.2. The third kappa shape index (κ3) is 5.29. The predicted octanol–water partition coefficient (Wildman–Crippen LogP) is 7.67. The van der Waals surface area contributed by atoms with Crippen LogP contribution in [-0.2, 0) is 14.3 Å². The number of Topliss-reactive ketones (excluding diaryl/α,β-unsaturated/α-hetero) is 1. The first-order valence-electron chi connectivity index (χ1n) is 13.5. The highest BCUT2D eigenvalue weighted by molar-refractivity contribution is 6.00. The fourth-order valence-corrected chi connectivity index (χ4v) is 8.01. The number of carbonyl (C=O) groups excluding carboxylic acids is 2. The Hall–Kier alpha value is -1.63. The molecule has 3 saturated carbocycles. The molecule has 0 aliphatic heterocycles. The fraction of sp³-hybridized carbons (Fsp3) is 0.833. The quantitative estimate of drug-likeness (QED) is 0.386. The molecular weight excluding hydrogens is 422 g/mol. The Kier molecular flexibility index (Phi) is 9.99. The molecule has 4 aliphatic carbocycles. The molecule has 0 bridgehead atoms. The molecule has 0 aromatic heterocycles. The van der Waals surface area contributed by atoms with Crippen molar-refractivity contribution in [2.24, 2.45) is 40.4 Å². The molecule has 34 heavy (non-hydrogen) atoms. The van der Waals surface area contributed by atoms with E-state index < -0.39 is 0 Å². The summed E-state index contributed by atoms with van der Waals surface area (Å²) in [6.07, 6.45) is 15.3. The van der Waals surface area contributed by atoms with Crippen LogP contribution in [-0.4, -0.2) is 18.9 Å². The number of rotatable bonds is 5. The maximum atomic E-state index is 12.3. The number of fused-ring (bicyclic) bond motifs is 5. The maximum absolute atomic E-state index is 12.3. The second kappa shape index (κ2) is 11.9. The average molecular weight is 472 g/mol. The van der Waals surface area contributed by atoms with Crippen LogP contribution in [0.5, 0.6) is 0 Å². The van der Waals surface area contributed by atoms with Crippen molar-refractivity contribution in [3.8, 4) is 6.07 Å². The van der Waals surface area contributed by atoms with E-state index in [0.717, 1.165) is 25.2 Å². The van der Waals surface area contributed by atoms with Gasteiger partial charge in [0, 0.05) is 12.8 Å². The van der Waals surface area contributed by atoms with E-state index in [0.29, 0.717) is 47.5 Å². The van der Waals surface area contributed by atoms with E-state index in [4.69, 9.17) is 4.74 Å². The van der Waals surface area contributed by atoms with Gasteiger partial charge in [0.15, 0.2) is 5.78 Å². The van der Waals surface area contributed by atoms with Crippen molar-refractivity contribution in [3.05, 3.63) is 11.6 Å². The standard InChI is InChI=1S/C25H35NO3.C4H10.CH4/c1-24-12-11-21-19(20(24)10-8-17(24)5-4-6-23(28)29-3)9-7-18-13-22(27)16(15-26)14-25(18,21)2;1-3-4-2;/h14,17-21H,4-13H2,1-3H3;3-4H2,1-2H3;1H4/t17-,18?,19?,20?,21?,24?,25?;;/m0../s1. The normalized spacial score (nSPS) is 37.9.